The van der Waals surface area contributed by atoms with Gasteiger partial charge in [0, 0.05) is 17.1 Å². The number of fused-ring (bicyclic) bond motifs is 10. The second-order valence-corrected chi connectivity index (χ2v) is 9.37. The highest BCUT2D eigenvalue weighted by Crippen LogP contribution is 2.70. The normalized spacial score (nSPS) is 63.9. The van der Waals surface area contributed by atoms with Gasteiger partial charge in [0.2, 0.25) is 0 Å². The Labute approximate surface area is 129 Å². The zero-order valence-electron chi connectivity index (χ0n) is 13.8. The molecule has 118 valence electrons. The molecule has 1 saturated heterocycles. The van der Waals surface area contributed by atoms with Crippen molar-refractivity contribution < 1.29 is 0 Å². The summed E-state index contributed by atoms with van der Waals surface area (Å²) in [5.74, 6) is 5.97. The largest absolute Gasteiger partial charge is 0.327 e. The summed E-state index contributed by atoms with van der Waals surface area (Å²) in [5, 5.41) is 4.07. The molecule has 21 heavy (non-hydrogen) atoms. The first-order valence-corrected chi connectivity index (χ1v) is 9.64. The molecule has 2 heteroatoms. The smallest absolute Gasteiger partial charge is 0.0398 e. The quantitative estimate of drug-likeness (QED) is 0.605. The van der Waals surface area contributed by atoms with Crippen LogP contribution >= 0.6 is 0 Å². The molecule has 0 aromatic rings. The Hall–Kier alpha value is -0.0800. The van der Waals surface area contributed by atoms with Crippen LogP contribution in [0.4, 0.5) is 0 Å². The van der Waals surface area contributed by atoms with Crippen LogP contribution in [0, 0.1) is 35.5 Å². The molecule has 4 aliphatic carbocycles. The molecule has 0 radical (unpaired) electrons. The lowest BCUT2D eigenvalue weighted by Gasteiger charge is -2.38. The number of hydrogen-bond acceptors (Lipinski definition) is 2. The average Bonchev–Trinajstić information content (AvgIpc) is 2.88. The number of nitrogens with one attached hydrogen (secondary N) is 1. The van der Waals surface area contributed by atoms with Gasteiger partial charge in [0.05, 0.1) is 0 Å². The number of rotatable bonds is 2. The van der Waals surface area contributed by atoms with Gasteiger partial charge in [0.25, 0.3) is 0 Å². The Bertz CT molecular complexity index is 462. The van der Waals surface area contributed by atoms with Crippen molar-refractivity contribution in [1.82, 2.24) is 5.32 Å². The van der Waals surface area contributed by atoms with E-state index in [4.69, 9.17) is 5.73 Å². The molecule has 4 bridgehead atoms. The van der Waals surface area contributed by atoms with Gasteiger partial charge in [-0.25, -0.2) is 0 Å². The summed E-state index contributed by atoms with van der Waals surface area (Å²) in [6.45, 7) is 4.86. The van der Waals surface area contributed by atoms with Crippen molar-refractivity contribution in [3.05, 3.63) is 0 Å². The topological polar surface area (TPSA) is 48.0 Å². The minimum absolute atomic E-state index is 0.428. The maximum absolute atomic E-state index is 6.69. The number of nitrogens with two attached hydrogens (primary N) is 1. The summed E-state index contributed by atoms with van der Waals surface area (Å²) in [7, 11) is 0. The third kappa shape index (κ3) is 1.47. The molecule has 1 heterocycles. The highest BCUT2D eigenvalue weighted by molar-refractivity contribution is 5.31. The summed E-state index contributed by atoms with van der Waals surface area (Å²) in [6.07, 6.45) is 11.4. The fraction of sp³-hybridized carbons (Fsp3) is 1.00. The van der Waals surface area contributed by atoms with Crippen LogP contribution in [0.25, 0.3) is 0 Å². The van der Waals surface area contributed by atoms with Crippen molar-refractivity contribution in [3.63, 3.8) is 0 Å². The Morgan fingerprint density at radius 1 is 1.10 bits per heavy atom. The van der Waals surface area contributed by atoms with Gasteiger partial charge in [-0.1, -0.05) is 13.3 Å². The Balaban J connectivity index is 1.53. The van der Waals surface area contributed by atoms with Crippen molar-refractivity contribution in [2.75, 3.05) is 0 Å². The van der Waals surface area contributed by atoms with Gasteiger partial charge in [0.1, 0.15) is 0 Å². The summed E-state index contributed by atoms with van der Waals surface area (Å²) < 4.78 is 0. The third-order valence-electron chi connectivity index (χ3n) is 8.76. The molecule has 1 aliphatic heterocycles. The van der Waals surface area contributed by atoms with E-state index in [1.54, 1.807) is 6.42 Å². The van der Waals surface area contributed by atoms with Crippen LogP contribution < -0.4 is 11.1 Å². The van der Waals surface area contributed by atoms with Crippen molar-refractivity contribution in [3.8, 4) is 0 Å². The van der Waals surface area contributed by atoms with Gasteiger partial charge in [0.15, 0.2) is 0 Å². The van der Waals surface area contributed by atoms with Crippen LogP contribution in [0.15, 0.2) is 0 Å². The van der Waals surface area contributed by atoms with Gasteiger partial charge in [-0.15, -0.1) is 0 Å². The molecular weight excluding hydrogens is 256 g/mol. The predicted octanol–water partition coefficient (Wildman–Crippen LogP) is 3.31. The van der Waals surface area contributed by atoms with Crippen molar-refractivity contribution in [2.45, 2.75) is 82.3 Å². The van der Waals surface area contributed by atoms with Crippen molar-refractivity contribution >= 4 is 0 Å². The molecule has 5 fully saturated rings. The van der Waals surface area contributed by atoms with Crippen LogP contribution in [0.1, 0.15) is 65.2 Å². The monoisotopic (exact) mass is 288 g/mol. The molecule has 2 nitrogen and oxygen atoms in total. The van der Waals surface area contributed by atoms with Crippen LogP contribution in [-0.4, -0.2) is 17.1 Å². The van der Waals surface area contributed by atoms with Gasteiger partial charge in [-0.2, -0.15) is 0 Å². The maximum Gasteiger partial charge on any atom is 0.0398 e. The fourth-order valence-corrected chi connectivity index (χ4v) is 8.09. The SMILES string of the molecule is CCCC1(C)NC12CCC(N)C1CC2C2C3CCC(C3)C12. The molecular formula is C19H32N2. The van der Waals surface area contributed by atoms with E-state index >= 15 is 0 Å². The second-order valence-electron chi connectivity index (χ2n) is 9.37. The highest BCUT2D eigenvalue weighted by atomic mass is 15.3. The van der Waals surface area contributed by atoms with Crippen molar-refractivity contribution in [1.29, 1.82) is 0 Å². The van der Waals surface area contributed by atoms with E-state index in [2.05, 4.69) is 19.2 Å². The van der Waals surface area contributed by atoms with Gasteiger partial charge in [-0.05, 0) is 87.4 Å². The van der Waals surface area contributed by atoms with E-state index in [1.165, 1.54) is 44.9 Å². The van der Waals surface area contributed by atoms with E-state index < -0.39 is 0 Å². The van der Waals surface area contributed by atoms with Crippen LogP contribution in [0.2, 0.25) is 0 Å². The van der Waals surface area contributed by atoms with E-state index in [0.717, 1.165) is 35.5 Å². The molecule has 9 unspecified atom stereocenters. The first-order valence-electron chi connectivity index (χ1n) is 9.64. The van der Waals surface area contributed by atoms with Crippen LogP contribution in [0.3, 0.4) is 0 Å². The predicted molar refractivity (Wildman–Crippen MR) is 85.8 cm³/mol. The van der Waals surface area contributed by atoms with Crippen LogP contribution in [0.5, 0.6) is 0 Å². The molecule has 0 amide bonds. The highest BCUT2D eigenvalue weighted by Gasteiger charge is 2.73. The van der Waals surface area contributed by atoms with E-state index in [0.29, 0.717) is 17.1 Å². The Morgan fingerprint density at radius 3 is 2.62 bits per heavy atom. The van der Waals surface area contributed by atoms with Gasteiger partial charge in [-0.3, -0.25) is 0 Å². The lowest BCUT2D eigenvalue weighted by molar-refractivity contribution is 0.133. The molecule has 9 atom stereocenters. The molecule has 0 aromatic heterocycles. The van der Waals surface area contributed by atoms with Gasteiger partial charge >= 0.3 is 0 Å². The Morgan fingerprint density at radius 2 is 1.86 bits per heavy atom. The Kier molecular flexibility index (Phi) is 2.58. The summed E-state index contributed by atoms with van der Waals surface area (Å²) >= 11 is 0. The molecule has 4 saturated carbocycles. The van der Waals surface area contributed by atoms with E-state index in [-0.39, 0.29) is 0 Å². The zero-order valence-corrected chi connectivity index (χ0v) is 13.8. The summed E-state index contributed by atoms with van der Waals surface area (Å²) in [6, 6.07) is 0.495. The molecule has 1 spiro atoms. The van der Waals surface area contributed by atoms with Crippen molar-refractivity contribution in [2.24, 2.45) is 41.2 Å². The molecule has 0 aromatic carbocycles. The lowest BCUT2D eigenvalue weighted by Crippen LogP contribution is -2.42. The number of hydrogen-bond donors (Lipinski definition) is 2. The minimum Gasteiger partial charge on any atom is -0.327 e. The zero-order chi connectivity index (χ0) is 14.4. The van der Waals surface area contributed by atoms with Crippen LogP contribution in [-0.2, 0) is 0 Å². The maximum atomic E-state index is 6.69. The van der Waals surface area contributed by atoms with E-state index in [1.807, 2.05) is 0 Å². The summed E-state index contributed by atoms with van der Waals surface area (Å²) in [5.41, 5.74) is 7.59. The first-order chi connectivity index (χ1) is 10.1. The standard InChI is InChI=1S/C19H32N2/c1-3-7-18(2)19(21-18)8-6-15(20)13-10-14(19)17-12-5-4-11(9-12)16(13)17/h11-17,21H,3-10,20H2,1-2H3. The molecule has 5 aliphatic rings. The van der Waals surface area contributed by atoms with Gasteiger partial charge < -0.3 is 11.1 Å². The minimum atomic E-state index is 0.428. The second kappa shape index (κ2) is 4.06. The average molecular weight is 288 g/mol. The third-order valence-corrected chi connectivity index (χ3v) is 8.76. The fourth-order valence-electron chi connectivity index (χ4n) is 8.09. The van der Waals surface area contributed by atoms with E-state index in [9.17, 15) is 0 Å². The molecule has 3 N–H and O–H groups in total. The lowest BCUT2D eigenvalue weighted by atomic mass is 9.66. The first kappa shape index (κ1) is 13.4. The molecule has 5 rings (SSSR count). The summed E-state index contributed by atoms with van der Waals surface area (Å²) in [4.78, 5) is 0.